The first-order valence-electron chi connectivity index (χ1n) is 9.57. The third kappa shape index (κ3) is 3.72. The van der Waals surface area contributed by atoms with Gasteiger partial charge in [-0.3, -0.25) is 4.40 Å². The van der Waals surface area contributed by atoms with Crippen LogP contribution >= 0.6 is 0 Å². The molecule has 0 spiro atoms. The number of fused-ring (bicyclic) bond motifs is 1. The Kier molecular flexibility index (Phi) is 5.15. The Labute approximate surface area is 170 Å². The number of pyridine rings is 2. The summed E-state index contributed by atoms with van der Waals surface area (Å²) in [6.07, 6.45) is -0.452. The van der Waals surface area contributed by atoms with Crippen molar-refractivity contribution < 1.29 is 22.7 Å². The molecule has 4 heterocycles. The fourth-order valence-corrected chi connectivity index (χ4v) is 3.49. The van der Waals surface area contributed by atoms with E-state index in [1.807, 2.05) is 0 Å². The van der Waals surface area contributed by atoms with Gasteiger partial charge in [0.05, 0.1) is 11.9 Å². The second-order valence-corrected chi connectivity index (χ2v) is 7.57. The van der Waals surface area contributed by atoms with Gasteiger partial charge in [-0.05, 0) is 44.5 Å². The molecule has 2 atom stereocenters. The number of anilines is 1. The van der Waals surface area contributed by atoms with Crippen LogP contribution in [0.25, 0.3) is 17.0 Å². The summed E-state index contributed by atoms with van der Waals surface area (Å²) in [5.74, 6) is -0.161. The van der Waals surface area contributed by atoms with Crippen molar-refractivity contribution in [2.24, 2.45) is 0 Å². The Morgan fingerprint density at radius 3 is 2.73 bits per heavy atom. The van der Waals surface area contributed by atoms with E-state index in [1.54, 1.807) is 0 Å². The van der Waals surface area contributed by atoms with E-state index in [1.165, 1.54) is 28.8 Å². The van der Waals surface area contributed by atoms with E-state index in [0.717, 1.165) is 38.2 Å². The zero-order valence-electron chi connectivity index (χ0n) is 16.2. The number of halogens is 4. The predicted molar refractivity (Wildman–Crippen MR) is 104 cm³/mol. The van der Waals surface area contributed by atoms with Crippen molar-refractivity contribution in [3.05, 3.63) is 48.0 Å². The summed E-state index contributed by atoms with van der Waals surface area (Å²) in [6.45, 7) is 2.39. The van der Waals surface area contributed by atoms with Gasteiger partial charge in [-0.25, -0.2) is 14.4 Å². The second-order valence-electron chi connectivity index (χ2n) is 7.57. The minimum absolute atomic E-state index is 0.0416. The maximum atomic E-state index is 14.6. The van der Waals surface area contributed by atoms with Crippen LogP contribution in [0.5, 0.6) is 0 Å². The number of aromatic nitrogens is 3. The van der Waals surface area contributed by atoms with Crippen LogP contribution in [0.1, 0.15) is 25.3 Å². The lowest BCUT2D eigenvalue weighted by Gasteiger charge is -2.26. The summed E-state index contributed by atoms with van der Waals surface area (Å²) < 4.78 is 55.6. The zero-order valence-corrected chi connectivity index (χ0v) is 16.2. The summed E-state index contributed by atoms with van der Waals surface area (Å²) >= 11 is 0. The molecule has 6 nitrogen and oxygen atoms in total. The SMILES string of the molecule is CC(O)(c1ccc2ncc(-c3nc(NC4CCCNC4)ccc3F)n2c1)C(F)(F)F. The minimum atomic E-state index is -4.87. The van der Waals surface area contributed by atoms with E-state index in [9.17, 15) is 22.7 Å². The molecular formula is C20H21F4N5O. The lowest BCUT2D eigenvalue weighted by molar-refractivity contribution is -0.259. The van der Waals surface area contributed by atoms with Crippen molar-refractivity contribution in [2.45, 2.75) is 37.6 Å². The van der Waals surface area contributed by atoms with Gasteiger partial charge in [-0.2, -0.15) is 13.2 Å². The van der Waals surface area contributed by atoms with Crippen molar-refractivity contribution in [1.29, 1.82) is 0 Å². The summed E-state index contributed by atoms with van der Waals surface area (Å²) in [7, 11) is 0. The van der Waals surface area contributed by atoms with Crippen molar-refractivity contribution in [2.75, 3.05) is 18.4 Å². The molecule has 0 radical (unpaired) electrons. The van der Waals surface area contributed by atoms with Crippen LogP contribution in [-0.4, -0.2) is 44.8 Å². The van der Waals surface area contributed by atoms with E-state index >= 15 is 0 Å². The Bertz CT molecular complexity index is 1060. The molecule has 10 heteroatoms. The molecule has 2 unspecified atom stereocenters. The van der Waals surface area contributed by atoms with Crippen molar-refractivity contribution >= 4 is 11.5 Å². The standard InChI is InChI=1S/C20H21F4N5O/c1-19(30,20(22,23)24)12-4-7-17-26-10-15(29(17)11-12)18-14(21)5-6-16(28-18)27-13-3-2-8-25-9-13/h4-7,10-11,13,25,30H,2-3,8-9H2,1H3,(H,27,28). The Hall–Kier alpha value is -2.72. The molecule has 1 aliphatic rings. The minimum Gasteiger partial charge on any atom is -0.376 e. The Morgan fingerprint density at radius 1 is 1.23 bits per heavy atom. The smallest absolute Gasteiger partial charge is 0.376 e. The van der Waals surface area contributed by atoms with Crippen molar-refractivity contribution in [3.63, 3.8) is 0 Å². The second kappa shape index (κ2) is 7.51. The Balaban J connectivity index is 1.74. The molecule has 160 valence electrons. The number of piperidine rings is 1. The molecule has 30 heavy (non-hydrogen) atoms. The molecule has 1 aliphatic heterocycles. The van der Waals surface area contributed by atoms with Crippen LogP contribution in [-0.2, 0) is 5.60 Å². The fraction of sp³-hybridized carbons (Fsp3) is 0.400. The highest BCUT2D eigenvalue weighted by Crippen LogP contribution is 2.38. The zero-order chi connectivity index (χ0) is 21.5. The third-order valence-corrected chi connectivity index (χ3v) is 5.36. The topological polar surface area (TPSA) is 74.5 Å². The number of hydrogen-bond donors (Lipinski definition) is 3. The van der Waals surface area contributed by atoms with Crippen LogP contribution in [0, 0.1) is 5.82 Å². The first kappa shape index (κ1) is 20.5. The van der Waals surface area contributed by atoms with Gasteiger partial charge >= 0.3 is 6.18 Å². The summed E-state index contributed by atoms with van der Waals surface area (Å²) in [5.41, 5.74) is -2.99. The van der Waals surface area contributed by atoms with Crippen molar-refractivity contribution in [3.8, 4) is 11.4 Å². The molecule has 3 N–H and O–H groups in total. The maximum Gasteiger partial charge on any atom is 0.421 e. The molecule has 3 aromatic heterocycles. The first-order chi connectivity index (χ1) is 14.2. The van der Waals surface area contributed by atoms with E-state index in [4.69, 9.17) is 0 Å². The molecule has 1 fully saturated rings. The molecule has 0 aliphatic carbocycles. The highest BCUT2D eigenvalue weighted by Gasteiger charge is 2.51. The maximum absolute atomic E-state index is 14.6. The third-order valence-electron chi connectivity index (χ3n) is 5.36. The predicted octanol–water partition coefficient (Wildman–Crippen LogP) is 3.47. The lowest BCUT2D eigenvalue weighted by Crippen LogP contribution is -2.39. The summed E-state index contributed by atoms with van der Waals surface area (Å²) in [6, 6.07) is 5.43. The molecule has 0 aromatic carbocycles. The average molecular weight is 423 g/mol. The van der Waals surface area contributed by atoms with E-state index in [0.29, 0.717) is 18.4 Å². The van der Waals surface area contributed by atoms with E-state index in [-0.39, 0.29) is 23.0 Å². The molecule has 1 saturated heterocycles. The number of rotatable bonds is 4. The molecule has 3 aromatic rings. The fourth-order valence-electron chi connectivity index (χ4n) is 3.49. The number of aliphatic hydroxyl groups is 1. The quantitative estimate of drug-likeness (QED) is 0.561. The highest BCUT2D eigenvalue weighted by molar-refractivity contribution is 5.63. The number of nitrogens with zero attached hydrogens (tertiary/aromatic N) is 3. The van der Waals surface area contributed by atoms with Crippen LogP contribution in [0.2, 0.25) is 0 Å². The summed E-state index contributed by atoms with van der Waals surface area (Å²) in [4.78, 5) is 8.47. The van der Waals surface area contributed by atoms with Gasteiger partial charge in [0.25, 0.3) is 0 Å². The van der Waals surface area contributed by atoms with Crippen LogP contribution in [0.4, 0.5) is 23.4 Å². The van der Waals surface area contributed by atoms with E-state index in [2.05, 4.69) is 20.6 Å². The largest absolute Gasteiger partial charge is 0.421 e. The normalized spacial score (nSPS) is 19.6. The number of hydrogen-bond acceptors (Lipinski definition) is 5. The van der Waals surface area contributed by atoms with Gasteiger partial charge in [0, 0.05) is 24.3 Å². The van der Waals surface area contributed by atoms with Gasteiger partial charge in [0.2, 0.25) is 0 Å². The first-order valence-corrected chi connectivity index (χ1v) is 9.57. The van der Waals surface area contributed by atoms with Gasteiger partial charge in [0.15, 0.2) is 11.4 Å². The van der Waals surface area contributed by atoms with Gasteiger partial charge in [-0.1, -0.05) is 6.07 Å². The van der Waals surface area contributed by atoms with Gasteiger partial charge in [0.1, 0.15) is 17.2 Å². The van der Waals surface area contributed by atoms with Crippen LogP contribution in [0.3, 0.4) is 0 Å². The van der Waals surface area contributed by atoms with Gasteiger partial charge < -0.3 is 15.7 Å². The average Bonchev–Trinajstić information content (AvgIpc) is 3.12. The van der Waals surface area contributed by atoms with Gasteiger partial charge in [-0.15, -0.1) is 0 Å². The van der Waals surface area contributed by atoms with Crippen LogP contribution < -0.4 is 10.6 Å². The highest BCUT2D eigenvalue weighted by atomic mass is 19.4. The Morgan fingerprint density at radius 2 is 2.03 bits per heavy atom. The molecule has 0 amide bonds. The lowest BCUT2D eigenvalue weighted by atomic mass is 9.97. The number of alkyl halides is 3. The molecule has 0 saturated carbocycles. The number of imidazole rings is 1. The summed E-state index contributed by atoms with van der Waals surface area (Å²) in [5, 5.41) is 16.5. The monoisotopic (exact) mass is 423 g/mol. The van der Waals surface area contributed by atoms with E-state index < -0.39 is 17.6 Å². The molecule has 4 rings (SSSR count). The van der Waals surface area contributed by atoms with Crippen LogP contribution in [0.15, 0.2) is 36.7 Å². The molecule has 0 bridgehead atoms. The number of nitrogens with one attached hydrogen (secondary N) is 2. The van der Waals surface area contributed by atoms with Crippen molar-refractivity contribution in [1.82, 2.24) is 19.7 Å². The molecular weight excluding hydrogens is 402 g/mol.